The molecule has 0 aromatic heterocycles. The Morgan fingerprint density at radius 2 is 1.46 bits per heavy atom. The van der Waals surface area contributed by atoms with Gasteiger partial charge in [-0.15, -0.1) is 0 Å². The van der Waals surface area contributed by atoms with E-state index in [2.05, 4.69) is 60.4 Å². The van der Waals surface area contributed by atoms with E-state index in [-0.39, 0.29) is 11.5 Å². The molecule has 0 aliphatic heterocycles. The van der Waals surface area contributed by atoms with Crippen molar-refractivity contribution in [1.82, 2.24) is 0 Å². The van der Waals surface area contributed by atoms with Crippen LogP contribution >= 0.6 is 0 Å². The Hall–Kier alpha value is -3.83. The van der Waals surface area contributed by atoms with E-state index < -0.39 is 0 Å². The molecule has 2 heteroatoms. The van der Waals surface area contributed by atoms with E-state index in [1.54, 1.807) is 12.1 Å². The minimum Gasteiger partial charge on any atom is -0.507 e. The van der Waals surface area contributed by atoms with Gasteiger partial charge in [0.05, 0.1) is 5.56 Å². The average Bonchev–Trinajstić information content (AvgIpc) is 2.71. The Balaban J connectivity index is 1.72. The number of rotatable bonds is 1. The first-order chi connectivity index (χ1) is 13.6. The summed E-state index contributed by atoms with van der Waals surface area (Å²) in [5.41, 5.74) is 1.94. The fraction of sp³-hybridized carbons (Fsp3) is 0.0385. The van der Waals surface area contributed by atoms with Gasteiger partial charge in [0.25, 0.3) is 0 Å². The van der Waals surface area contributed by atoms with Crippen LogP contribution in [-0.4, -0.2) is 10.9 Å². The molecule has 0 atom stereocenters. The molecule has 132 valence electrons. The van der Waals surface area contributed by atoms with Gasteiger partial charge in [-0.1, -0.05) is 60.4 Å². The summed E-state index contributed by atoms with van der Waals surface area (Å²) in [5, 5.41) is 17.1. The highest BCUT2D eigenvalue weighted by molar-refractivity contribution is 6.23. The lowest BCUT2D eigenvalue weighted by atomic mass is 9.92. The molecule has 0 amide bonds. The molecule has 5 aromatic carbocycles. The van der Waals surface area contributed by atoms with Gasteiger partial charge >= 0.3 is 0 Å². The number of hydrogen-bond donors (Lipinski definition) is 1. The Kier molecular flexibility index (Phi) is 3.57. The maximum absolute atomic E-state index is 11.7. The van der Waals surface area contributed by atoms with Crippen LogP contribution in [0.2, 0.25) is 0 Å². The summed E-state index contributed by atoms with van der Waals surface area (Å²) < 4.78 is 0. The molecule has 5 rings (SSSR count). The Bertz CT molecular complexity index is 1430. The van der Waals surface area contributed by atoms with Crippen LogP contribution in [0.1, 0.15) is 28.4 Å². The minimum atomic E-state index is -0.177. The molecule has 0 unspecified atom stereocenters. The standard InChI is InChI=1S/C26H16O2/c1-16(27)23-15-17(6-14-24(23)28)5-7-18-8-9-21-11-10-19-3-2-4-20-12-13-22(18)26(21)25(19)20/h2-4,6,8-15,28H,1H3. The predicted molar refractivity (Wildman–Crippen MR) is 114 cm³/mol. The van der Waals surface area contributed by atoms with Gasteiger partial charge in [-0.2, -0.15) is 0 Å². The normalized spacial score (nSPS) is 11.0. The molecule has 28 heavy (non-hydrogen) atoms. The molecule has 1 N–H and O–H groups in total. The largest absolute Gasteiger partial charge is 0.507 e. The van der Waals surface area contributed by atoms with E-state index in [9.17, 15) is 9.90 Å². The van der Waals surface area contributed by atoms with Gasteiger partial charge in [0.1, 0.15) is 5.75 Å². The molecule has 0 aliphatic carbocycles. The van der Waals surface area contributed by atoms with Crippen molar-refractivity contribution in [1.29, 1.82) is 0 Å². The van der Waals surface area contributed by atoms with Gasteiger partial charge in [0.2, 0.25) is 0 Å². The van der Waals surface area contributed by atoms with Gasteiger partial charge in [-0.3, -0.25) is 4.79 Å². The average molecular weight is 360 g/mol. The molecule has 2 nitrogen and oxygen atoms in total. The second-order valence-corrected chi connectivity index (χ2v) is 7.01. The van der Waals surface area contributed by atoms with Crippen LogP contribution in [0.4, 0.5) is 0 Å². The van der Waals surface area contributed by atoms with Crippen molar-refractivity contribution in [2.45, 2.75) is 6.92 Å². The maximum Gasteiger partial charge on any atom is 0.163 e. The van der Waals surface area contributed by atoms with Crippen LogP contribution in [0.3, 0.4) is 0 Å². The summed E-state index contributed by atoms with van der Waals surface area (Å²) in [6, 6.07) is 24.0. The lowest BCUT2D eigenvalue weighted by Gasteiger charge is -2.11. The van der Waals surface area contributed by atoms with Gasteiger partial charge in [-0.25, -0.2) is 0 Å². The van der Waals surface area contributed by atoms with Crippen LogP contribution in [0, 0.1) is 11.8 Å². The van der Waals surface area contributed by atoms with Crippen molar-refractivity contribution >= 4 is 38.1 Å². The first-order valence-corrected chi connectivity index (χ1v) is 9.14. The molecule has 0 saturated heterocycles. The summed E-state index contributed by atoms with van der Waals surface area (Å²) in [6.07, 6.45) is 0. The van der Waals surface area contributed by atoms with Crippen molar-refractivity contribution in [3.05, 3.63) is 89.5 Å². The molecular formula is C26H16O2. The van der Waals surface area contributed by atoms with E-state index in [0.717, 1.165) is 10.9 Å². The third-order valence-electron chi connectivity index (χ3n) is 5.25. The summed E-state index contributed by atoms with van der Waals surface area (Å²) in [5.74, 6) is 6.21. The Morgan fingerprint density at radius 1 is 0.786 bits per heavy atom. The van der Waals surface area contributed by atoms with Crippen molar-refractivity contribution < 1.29 is 9.90 Å². The number of hydrogen-bond acceptors (Lipinski definition) is 2. The number of phenols is 1. The van der Waals surface area contributed by atoms with Crippen LogP contribution < -0.4 is 0 Å². The Morgan fingerprint density at radius 3 is 2.21 bits per heavy atom. The molecular weight excluding hydrogens is 344 g/mol. The van der Waals surface area contributed by atoms with Crippen LogP contribution in [0.25, 0.3) is 32.3 Å². The van der Waals surface area contributed by atoms with E-state index >= 15 is 0 Å². The van der Waals surface area contributed by atoms with E-state index in [4.69, 9.17) is 0 Å². The van der Waals surface area contributed by atoms with Gasteiger partial charge < -0.3 is 5.11 Å². The fourth-order valence-corrected chi connectivity index (χ4v) is 3.88. The number of phenolic OH excluding ortho intramolecular Hbond substituents is 1. The minimum absolute atomic E-state index is 0.0132. The van der Waals surface area contributed by atoms with Crippen LogP contribution in [-0.2, 0) is 0 Å². The topological polar surface area (TPSA) is 37.3 Å². The number of ketones is 1. The predicted octanol–water partition coefficient (Wildman–Crippen LogP) is 5.89. The molecule has 0 saturated carbocycles. The first-order valence-electron chi connectivity index (χ1n) is 9.14. The number of aromatic hydroxyl groups is 1. The number of benzene rings is 5. The van der Waals surface area contributed by atoms with Crippen molar-refractivity contribution in [3.8, 4) is 17.6 Å². The fourth-order valence-electron chi connectivity index (χ4n) is 3.88. The summed E-state index contributed by atoms with van der Waals surface area (Å²) in [4.78, 5) is 11.7. The zero-order chi connectivity index (χ0) is 19.3. The van der Waals surface area contributed by atoms with Crippen LogP contribution in [0.15, 0.2) is 72.8 Å². The highest BCUT2D eigenvalue weighted by atomic mass is 16.3. The highest BCUT2D eigenvalue weighted by Gasteiger charge is 2.10. The lowest BCUT2D eigenvalue weighted by molar-refractivity contribution is 0.101. The summed E-state index contributed by atoms with van der Waals surface area (Å²) in [7, 11) is 0. The molecule has 0 aliphatic rings. The summed E-state index contributed by atoms with van der Waals surface area (Å²) in [6.45, 7) is 1.44. The Labute approximate surface area is 162 Å². The monoisotopic (exact) mass is 360 g/mol. The third-order valence-corrected chi connectivity index (χ3v) is 5.25. The molecule has 0 radical (unpaired) electrons. The molecule has 0 heterocycles. The number of carbonyl (C=O) groups is 1. The first kappa shape index (κ1) is 16.4. The van der Waals surface area contributed by atoms with Gasteiger partial charge in [0.15, 0.2) is 5.78 Å². The molecule has 0 fully saturated rings. The highest BCUT2D eigenvalue weighted by Crippen LogP contribution is 2.35. The molecule has 0 spiro atoms. The zero-order valence-corrected chi connectivity index (χ0v) is 15.3. The van der Waals surface area contributed by atoms with E-state index in [0.29, 0.717) is 11.1 Å². The third kappa shape index (κ3) is 2.49. The van der Waals surface area contributed by atoms with Crippen LogP contribution in [0.5, 0.6) is 5.75 Å². The second-order valence-electron chi connectivity index (χ2n) is 7.01. The second kappa shape index (κ2) is 6.11. The maximum atomic E-state index is 11.7. The smallest absolute Gasteiger partial charge is 0.163 e. The van der Waals surface area contributed by atoms with Gasteiger partial charge in [-0.05, 0) is 63.5 Å². The molecule has 5 aromatic rings. The quantitative estimate of drug-likeness (QED) is 0.230. The lowest BCUT2D eigenvalue weighted by Crippen LogP contribution is -1.93. The van der Waals surface area contributed by atoms with Gasteiger partial charge in [0, 0.05) is 11.1 Å². The summed E-state index contributed by atoms with van der Waals surface area (Å²) >= 11 is 0. The van der Waals surface area contributed by atoms with Crippen molar-refractivity contribution in [2.75, 3.05) is 0 Å². The number of carbonyl (C=O) groups excluding carboxylic acids is 1. The zero-order valence-electron chi connectivity index (χ0n) is 15.3. The van der Waals surface area contributed by atoms with Crippen molar-refractivity contribution in [2.24, 2.45) is 0 Å². The van der Waals surface area contributed by atoms with E-state index in [1.165, 1.54) is 39.9 Å². The number of Topliss-reactive ketones (excluding diaryl/α,β-unsaturated/α-hetero) is 1. The SMILES string of the molecule is CC(=O)c1cc(C#Cc2ccc3ccc4cccc5ccc2c3c45)ccc1O. The van der Waals surface area contributed by atoms with Crippen molar-refractivity contribution in [3.63, 3.8) is 0 Å². The van der Waals surface area contributed by atoms with E-state index in [1.807, 2.05) is 6.07 Å². The molecule has 0 bridgehead atoms.